The number of hydrogen-bond acceptors (Lipinski definition) is 4. The van der Waals surface area contributed by atoms with Gasteiger partial charge in [0.25, 0.3) is 0 Å². The topological polar surface area (TPSA) is 69.7 Å². The quantitative estimate of drug-likeness (QED) is 0.627. The lowest BCUT2D eigenvalue weighted by Crippen LogP contribution is -2.23. The predicted molar refractivity (Wildman–Crippen MR) is 84.5 cm³/mol. The fourth-order valence-electron chi connectivity index (χ4n) is 1.97. The maximum Gasteiger partial charge on any atom is 0.340 e. The van der Waals surface area contributed by atoms with Gasteiger partial charge in [0.2, 0.25) is 0 Å². The summed E-state index contributed by atoms with van der Waals surface area (Å²) in [7, 11) is 0. The van der Waals surface area contributed by atoms with Crippen LogP contribution in [-0.4, -0.2) is 20.8 Å². The number of esters is 1. The van der Waals surface area contributed by atoms with Crippen LogP contribution in [0, 0.1) is 0 Å². The molecule has 2 aromatic carbocycles. The fraction of sp³-hybridized carbons (Fsp3) is 0.188. The van der Waals surface area contributed by atoms with Crippen LogP contribution in [0.4, 0.5) is 11.4 Å². The highest BCUT2D eigenvalue weighted by Crippen LogP contribution is 2.30. The summed E-state index contributed by atoms with van der Waals surface area (Å²) in [5, 5.41) is 0. The van der Waals surface area contributed by atoms with Crippen LogP contribution in [0.5, 0.6) is 0 Å². The number of benzene rings is 2. The number of ether oxygens (including phenoxy) is 1. The lowest BCUT2D eigenvalue weighted by atomic mass is 10.1. The summed E-state index contributed by atoms with van der Waals surface area (Å²) in [6.45, 7) is 3.47. The molecule has 6 heteroatoms. The van der Waals surface area contributed by atoms with Crippen molar-refractivity contribution >= 4 is 28.6 Å². The summed E-state index contributed by atoms with van der Waals surface area (Å²) in [5.41, 5.74) is 0.901. The number of nitrogens with zero attached hydrogens (tertiary/aromatic N) is 1. The van der Waals surface area contributed by atoms with E-state index < -0.39 is 17.2 Å². The van der Waals surface area contributed by atoms with Crippen molar-refractivity contribution in [1.82, 2.24) is 0 Å². The minimum Gasteiger partial charge on any atom is -0.755 e. The molecule has 22 heavy (non-hydrogen) atoms. The third-order valence-corrected chi connectivity index (χ3v) is 3.53. The maximum absolute atomic E-state index is 12.2. The molecule has 0 amide bonds. The molecule has 5 nitrogen and oxygen atoms in total. The molecular formula is C16H16NO4S-. The fourth-order valence-corrected chi connectivity index (χ4v) is 2.58. The lowest BCUT2D eigenvalue weighted by molar-refractivity contribution is 0.0379. The van der Waals surface area contributed by atoms with E-state index in [1.807, 2.05) is 0 Å². The van der Waals surface area contributed by atoms with Gasteiger partial charge in [-0.05, 0) is 38.1 Å². The Bertz CT molecular complexity index is 673. The second kappa shape index (κ2) is 7.20. The predicted octanol–water partition coefficient (Wildman–Crippen LogP) is 3.18. The van der Waals surface area contributed by atoms with Gasteiger partial charge in [-0.2, -0.15) is 0 Å². The Balaban J connectivity index is 2.50. The molecule has 1 atom stereocenters. The van der Waals surface area contributed by atoms with Gasteiger partial charge in [-0.1, -0.05) is 30.3 Å². The van der Waals surface area contributed by atoms with Crippen LogP contribution in [0.3, 0.4) is 0 Å². The highest BCUT2D eigenvalue weighted by molar-refractivity contribution is 7.81. The lowest BCUT2D eigenvalue weighted by Gasteiger charge is -2.28. The van der Waals surface area contributed by atoms with Gasteiger partial charge in [0.05, 0.1) is 34.3 Å². The smallest absolute Gasteiger partial charge is 0.340 e. The van der Waals surface area contributed by atoms with Crippen molar-refractivity contribution in [3.05, 3.63) is 60.2 Å². The molecule has 0 spiro atoms. The monoisotopic (exact) mass is 318 g/mol. The summed E-state index contributed by atoms with van der Waals surface area (Å²) in [6.07, 6.45) is -0.288. The number of hydrogen-bond donors (Lipinski definition) is 0. The van der Waals surface area contributed by atoms with E-state index in [1.165, 1.54) is 0 Å². The molecule has 0 aliphatic rings. The van der Waals surface area contributed by atoms with E-state index in [4.69, 9.17) is 4.74 Å². The van der Waals surface area contributed by atoms with Gasteiger partial charge in [-0.15, -0.1) is 0 Å². The van der Waals surface area contributed by atoms with Crippen molar-refractivity contribution in [2.45, 2.75) is 20.0 Å². The van der Waals surface area contributed by atoms with E-state index in [0.29, 0.717) is 5.69 Å². The summed E-state index contributed by atoms with van der Waals surface area (Å²) in [4.78, 5) is 12.2. The molecule has 1 unspecified atom stereocenters. The van der Waals surface area contributed by atoms with Crippen LogP contribution in [0.1, 0.15) is 24.2 Å². The first kappa shape index (κ1) is 16.2. The zero-order chi connectivity index (χ0) is 16.1. The van der Waals surface area contributed by atoms with Crippen LogP contribution in [0.2, 0.25) is 0 Å². The number of rotatable bonds is 5. The zero-order valence-electron chi connectivity index (χ0n) is 12.3. The van der Waals surface area contributed by atoms with Crippen LogP contribution in [0.15, 0.2) is 54.6 Å². The van der Waals surface area contributed by atoms with E-state index in [-0.39, 0.29) is 17.4 Å². The standard InChI is InChI=1S/C16H17NO4S/c1-12(2)21-16(18)14-10-6-7-11-15(14)17(22(19)20)13-8-4-3-5-9-13/h3-12H,1-2H3,(H,19,20)/p-1. The maximum atomic E-state index is 12.2. The third-order valence-electron chi connectivity index (χ3n) is 2.83. The second-order valence-electron chi connectivity index (χ2n) is 4.82. The van der Waals surface area contributed by atoms with E-state index in [1.54, 1.807) is 68.4 Å². The van der Waals surface area contributed by atoms with Crippen LogP contribution in [0.25, 0.3) is 0 Å². The van der Waals surface area contributed by atoms with Gasteiger partial charge in [-0.3, -0.25) is 8.51 Å². The Morgan fingerprint density at radius 1 is 1.09 bits per heavy atom. The molecule has 0 fully saturated rings. The Hall–Kier alpha value is -2.18. The van der Waals surface area contributed by atoms with Crippen LogP contribution >= 0.6 is 0 Å². The highest BCUT2D eigenvalue weighted by Gasteiger charge is 2.20. The molecule has 0 heterocycles. The van der Waals surface area contributed by atoms with Crippen LogP contribution in [-0.2, 0) is 16.0 Å². The van der Waals surface area contributed by atoms with Crippen molar-refractivity contribution in [2.24, 2.45) is 0 Å². The minimum absolute atomic E-state index is 0.198. The van der Waals surface area contributed by atoms with Crippen molar-refractivity contribution in [3.63, 3.8) is 0 Å². The third kappa shape index (κ3) is 3.72. The van der Waals surface area contributed by atoms with Crippen LogP contribution < -0.4 is 4.31 Å². The Morgan fingerprint density at radius 3 is 2.27 bits per heavy atom. The van der Waals surface area contributed by atoms with Gasteiger partial charge in [0.15, 0.2) is 0 Å². The average Bonchev–Trinajstić information content (AvgIpc) is 2.48. The Morgan fingerprint density at radius 2 is 1.68 bits per heavy atom. The second-order valence-corrected chi connectivity index (χ2v) is 5.62. The molecule has 0 aliphatic carbocycles. The molecular weight excluding hydrogens is 302 g/mol. The van der Waals surface area contributed by atoms with E-state index >= 15 is 0 Å². The average molecular weight is 318 g/mol. The van der Waals surface area contributed by atoms with Gasteiger partial charge in [0.1, 0.15) is 0 Å². The largest absolute Gasteiger partial charge is 0.755 e. The van der Waals surface area contributed by atoms with E-state index in [0.717, 1.165) is 4.31 Å². The Labute approximate surface area is 131 Å². The first-order chi connectivity index (χ1) is 10.5. The molecule has 0 N–H and O–H groups in total. The molecule has 0 aromatic heterocycles. The zero-order valence-corrected chi connectivity index (χ0v) is 13.1. The summed E-state index contributed by atoms with van der Waals surface area (Å²) >= 11 is -2.57. The van der Waals surface area contributed by atoms with Crippen molar-refractivity contribution in [2.75, 3.05) is 4.31 Å². The van der Waals surface area contributed by atoms with Gasteiger partial charge in [0, 0.05) is 0 Å². The molecule has 0 saturated heterocycles. The van der Waals surface area contributed by atoms with Crippen molar-refractivity contribution in [1.29, 1.82) is 0 Å². The van der Waals surface area contributed by atoms with E-state index in [2.05, 4.69) is 0 Å². The molecule has 0 saturated carbocycles. The first-order valence-electron chi connectivity index (χ1n) is 6.75. The molecule has 2 aromatic rings. The highest BCUT2D eigenvalue weighted by atomic mass is 32.2. The minimum atomic E-state index is -2.57. The molecule has 0 aliphatic heterocycles. The molecule has 0 bridgehead atoms. The van der Waals surface area contributed by atoms with Crippen molar-refractivity contribution in [3.8, 4) is 0 Å². The van der Waals surface area contributed by atoms with Gasteiger partial charge >= 0.3 is 5.97 Å². The first-order valence-corrected chi connectivity index (χ1v) is 7.78. The Kier molecular flexibility index (Phi) is 5.30. The summed E-state index contributed by atoms with van der Waals surface area (Å²) in [5.74, 6) is -0.558. The number of carbonyl (C=O) groups is 1. The van der Waals surface area contributed by atoms with E-state index in [9.17, 15) is 13.6 Å². The number of para-hydroxylation sites is 2. The van der Waals surface area contributed by atoms with Gasteiger partial charge < -0.3 is 9.29 Å². The number of carbonyl (C=O) groups excluding carboxylic acids is 1. The SMILES string of the molecule is CC(C)OC(=O)c1ccccc1N(c1ccccc1)S(=O)[O-]. The normalized spacial score (nSPS) is 12.0. The molecule has 2 rings (SSSR count). The van der Waals surface area contributed by atoms with Gasteiger partial charge in [-0.25, -0.2) is 4.79 Å². The summed E-state index contributed by atoms with van der Waals surface area (Å²) < 4.78 is 29.6. The summed E-state index contributed by atoms with van der Waals surface area (Å²) in [6, 6.07) is 15.0. The number of anilines is 2. The molecule has 116 valence electrons. The molecule has 0 radical (unpaired) electrons. The van der Waals surface area contributed by atoms with Crippen molar-refractivity contribution < 1.29 is 18.3 Å².